The number of aromatic nitrogens is 2. The van der Waals surface area contributed by atoms with E-state index in [1.807, 2.05) is 6.92 Å². The highest BCUT2D eigenvalue weighted by atomic mass is 16.5. The van der Waals surface area contributed by atoms with Gasteiger partial charge in [-0.1, -0.05) is 0 Å². The highest BCUT2D eigenvalue weighted by Crippen LogP contribution is 2.27. The molecule has 2 atom stereocenters. The Morgan fingerprint density at radius 1 is 1.39 bits per heavy atom. The van der Waals surface area contributed by atoms with Crippen LogP contribution in [-0.4, -0.2) is 29.1 Å². The predicted octanol–water partition coefficient (Wildman–Crippen LogP) is 1.94. The quantitative estimate of drug-likeness (QED) is 0.821. The van der Waals surface area contributed by atoms with E-state index in [0.29, 0.717) is 17.1 Å². The zero-order valence-corrected chi connectivity index (χ0v) is 11.1. The predicted molar refractivity (Wildman–Crippen MR) is 66.3 cm³/mol. The molecule has 2 rings (SSSR count). The van der Waals surface area contributed by atoms with Crippen molar-refractivity contribution >= 4 is 0 Å². The summed E-state index contributed by atoms with van der Waals surface area (Å²) in [7, 11) is 3.54. The Balaban J connectivity index is 2.12. The van der Waals surface area contributed by atoms with Gasteiger partial charge in [0.2, 0.25) is 5.88 Å². The van der Waals surface area contributed by atoms with Crippen molar-refractivity contribution < 1.29 is 9.47 Å². The molecule has 0 saturated heterocycles. The number of rotatable bonds is 3. The lowest BCUT2D eigenvalue weighted by Gasteiger charge is -2.28. The van der Waals surface area contributed by atoms with E-state index in [-0.39, 0.29) is 12.2 Å². The van der Waals surface area contributed by atoms with Gasteiger partial charge in [0.1, 0.15) is 17.7 Å². The van der Waals surface area contributed by atoms with E-state index in [1.165, 1.54) is 0 Å². The summed E-state index contributed by atoms with van der Waals surface area (Å²) < 4.78 is 13.0. The molecule has 1 aliphatic carbocycles. The molecule has 1 aromatic heterocycles. The van der Waals surface area contributed by atoms with Crippen molar-refractivity contribution in [2.45, 2.75) is 44.8 Å². The molecule has 2 unspecified atom stereocenters. The third-order valence-electron chi connectivity index (χ3n) is 3.47. The van der Waals surface area contributed by atoms with Crippen molar-refractivity contribution in [3.8, 4) is 11.9 Å². The molecule has 1 aromatic rings. The van der Waals surface area contributed by atoms with Crippen LogP contribution in [0.5, 0.6) is 5.88 Å². The highest BCUT2D eigenvalue weighted by molar-refractivity contribution is 5.42. The van der Waals surface area contributed by atoms with E-state index >= 15 is 0 Å². The molecule has 0 radical (unpaired) electrons. The molecule has 18 heavy (non-hydrogen) atoms. The van der Waals surface area contributed by atoms with Crippen LogP contribution >= 0.6 is 0 Å². The van der Waals surface area contributed by atoms with Crippen molar-refractivity contribution in [2.24, 2.45) is 7.05 Å². The molecule has 5 heteroatoms. The fourth-order valence-corrected chi connectivity index (χ4v) is 2.48. The van der Waals surface area contributed by atoms with E-state index in [0.717, 1.165) is 25.7 Å². The molecule has 1 heterocycles. The Morgan fingerprint density at radius 3 is 2.78 bits per heavy atom. The summed E-state index contributed by atoms with van der Waals surface area (Å²) in [6.45, 7) is 1.82. The van der Waals surface area contributed by atoms with Crippen LogP contribution in [0.4, 0.5) is 0 Å². The van der Waals surface area contributed by atoms with Gasteiger partial charge >= 0.3 is 0 Å². The van der Waals surface area contributed by atoms with Crippen molar-refractivity contribution in [1.82, 2.24) is 9.78 Å². The summed E-state index contributed by atoms with van der Waals surface area (Å²) in [4.78, 5) is 0. The summed E-state index contributed by atoms with van der Waals surface area (Å²) >= 11 is 0. The molecule has 0 aliphatic heterocycles. The van der Waals surface area contributed by atoms with Crippen LogP contribution in [0.15, 0.2) is 0 Å². The Labute approximate surface area is 107 Å². The molecule has 1 saturated carbocycles. The maximum atomic E-state index is 9.13. The van der Waals surface area contributed by atoms with E-state index in [9.17, 15) is 0 Å². The molecule has 0 N–H and O–H groups in total. The third kappa shape index (κ3) is 2.49. The monoisotopic (exact) mass is 249 g/mol. The first kappa shape index (κ1) is 12.9. The Kier molecular flexibility index (Phi) is 3.87. The second-order valence-corrected chi connectivity index (χ2v) is 4.77. The number of ether oxygens (including phenoxy) is 2. The number of aryl methyl sites for hydroxylation is 2. The molecule has 0 amide bonds. The second kappa shape index (κ2) is 5.40. The van der Waals surface area contributed by atoms with Gasteiger partial charge in [0.15, 0.2) is 0 Å². The Morgan fingerprint density at radius 2 is 2.11 bits per heavy atom. The van der Waals surface area contributed by atoms with Crippen LogP contribution in [0.2, 0.25) is 0 Å². The Hall–Kier alpha value is -1.54. The van der Waals surface area contributed by atoms with Gasteiger partial charge < -0.3 is 9.47 Å². The summed E-state index contributed by atoms with van der Waals surface area (Å²) in [5.41, 5.74) is 1.26. The molecule has 0 spiro atoms. The van der Waals surface area contributed by atoms with E-state index in [4.69, 9.17) is 14.7 Å². The lowest BCUT2D eigenvalue weighted by molar-refractivity contribution is 0.0181. The number of hydrogen-bond acceptors (Lipinski definition) is 4. The SMILES string of the molecule is COC1CCCC(Oc2c(C#N)c(C)nn2C)C1. The van der Waals surface area contributed by atoms with Gasteiger partial charge in [-0.3, -0.25) is 0 Å². The average molecular weight is 249 g/mol. The van der Waals surface area contributed by atoms with Gasteiger partial charge in [0, 0.05) is 20.6 Å². The summed E-state index contributed by atoms with van der Waals surface area (Å²) in [5.74, 6) is 0.580. The van der Waals surface area contributed by atoms with Gasteiger partial charge in [0.05, 0.1) is 11.8 Å². The summed E-state index contributed by atoms with van der Waals surface area (Å²) in [5, 5.41) is 13.4. The van der Waals surface area contributed by atoms with Crippen molar-refractivity contribution in [3.05, 3.63) is 11.3 Å². The van der Waals surface area contributed by atoms with Crippen LogP contribution < -0.4 is 4.74 Å². The number of nitriles is 1. The Bertz CT molecular complexity index is 462. The molecule has 1 aliphatic rings. The maximum Gasteiger partial charge on any atom is 0.230 e. The largest absolute Gasteiger partial charge is 0.473 e. The fourth-order valence-electron chi connectivity index (χ4n) is 2.48. The molecular weight excluding hydrogens is 230 g/mol. The molecule has 0 aromatic carbocycles. The van der Waals surface area contributed by atoms with Crippen molar-refractivity contribution in [2.75, 3.05) is 7.11 Å². The zero-order valence-electron chi connectivity index (χ0n) is 11.1. The molecule has 5 nitrogen and oxygen atoms in total. The lowest BCUT2D eigenvalue weighted by atomic mass is 9.95. The molecular formula is C13H19N3O2. The number of methoxy groups -OCH3 is 1. The molecule has 0 bridgehead atoms. The topological polar surface area (TPSA) is 60.1 Å². The van der Waals surface area contributed by atoms with E-state index < -0.39 is 0 Å². The van der Waals surface area contributed by atoms with Crippen LogP contribution in [0.3, 0.4) is 0 Å². The number of nitrogens with zero attached hydrogens (tertiary/aromatic N) is 3. The number of hydrogen-bond donors (Lipinski definition) is 0. The first-order valence-electron chi connectivity index (χ1n) is 6.28. The second-order valence-electron chi connectivity index (χ2n) is 4.77. The third-order valence-corrected chi connectivity index (χ3v) is 3.47. The molecule has 98 valence electrons. The average Bonchev–Trinajstić information content (AvgIpc) is 2.64. The standard InChI is InChI=1S/C13H19N3O2/c1-9-12(8-14)13(16(2)15-9)18-11-6-4-5-10(7-11)17-3/h10-11H,4-7H2,1-3H3. The van der Waals surface area contributed by atoms with Gasteiger partial charge in [0.25, 0.3) is 0 Å². The van der Waals surface area contributed by atoms with Crippen LogP contribution in [-0.2, 0) is 11.8 Å². The van der Waals surface area contributed by atoms with Gasteiger partial charge in [-0.05, 0) is 26.2 Å². The minimum absolute atomic E-state index is 0.116. The smallest absolute Gasteiger partial charge is 0.230 e. The summed E-state index contributed by atoms with van der Waals surface area (Å²) in [6.07, 6.45) is 4.46. The normalized spacial score (nSPS) is 23.7. The van der Waals surface area contributed by atoms with Crippen LogP contribution in [0.1, 0.15) is 36.9 Å². The lowest BCUT2D eigenvalue weighted by Crippen LogP contribution is -2.30. The highest BCUT2D eigenvalue weighted by Gasteiger charge is 2.25. The molecule has 1 fully saturated rings. The minimum Gasteiger partial charge on any atom is -0.473 e. The van der Waals surface area contributed by atoms with Crippen molar-refractivity contribution in [1.29, 1.82) is 5.26 Å². The van der Waals surface area contributed by atoms with Crippen LogP contribution in [0, 0.1) is 18.3 Å². The van der Waals surface area contributed by atoms with E-state index in [1.54, 1.807) is 18.8 Å². The van der Waals surface area contributed by atoms with Crippen molar-refractivity contribution in [3.63, 3.8) is 0 Å². The van der Waals surface area contributed by atoms with Gasteiger partial charge in [-0.15, -0.1) is 0 Å². The van der Waals surface area contributed by atoms with Crippen LogP contribution in [0.25, 0.3) is 0 Å². The van der Waals surface area contributed by atoms with E-state index in [2.05, 4.69) is 11.2 Å². The van der Waals surface area contributed by atoms with Gasteiger partial charge in [-0.2, -0.15) is 10.4 Å². The first-order valence-corrected chi connectivity index (χ1v) is 6.28. The van der Waals surface area contributed by atoms with Gasteiger partial charge in [-0.25, -0.2) is 4.68 Å². The minimum atomic E-state index is 0.116. The fraction of sp³-hybridized carbons (Fsp3) is 0.692. The zero-order chi connectivity index (χ0) is 13.1. The maximum absolute atomic E-state index is 9.13. The first-order chi connectivity index (χ1) is 8.65. The summed E-state index contributed by atoms with van der Waals surface area (Å²) in [6, 6.07) is 2.16.